The summed E-state index contributed by atoms with van der Waals surface area (Å²) in [4.78, 5) is 23.7. The molecule has 2 unspecified atom stereocenters. The third kappa shape index (κ3) is 1.91. The summed E-state index contributed by atoms with van der Waals surface area (Å²) in [6, 6.07) is -1.29. The number of hydrogen-bond donors (Lipinski definition) is 1. The van der Waals surface area contributed by atoms with Gasteiger partial charge >= 0.3 is 5.97 Å². The lowest BCUT2D eigenvalue weighted by Gasteiger charge is -2.27. The molecule has 0 aromatic heterocycles. The Morgan fingerprint density at radius 1 is 1.38 bits per heavy atom. The maximum Gasteiger partial charge on any atom is 0.326 e. The number of carboxylic acids is 1. The number of likely N-dealkylation sites (tertiary alicyclic amines) is 1. The lowest BCUT2D eigenvalue weighted by Crippen LogP contribution is -2.46. The number of amides is 1. The van der Waals surface area contributed by atoms with Gasteiger partial charge in [-0.05, 0) is 12.8 Å². The van der Waals surface area contributed by atoms with Gasteiger partial charge in [0.25, 0.3) is 0 Å². The van der Waals surface area contributed by atoms with Crippen LogP contribution < -0.4 is 0 Å². The first-order chi connectivity index (χ1) is 7.41. The molecule has 2 heterocycles. The molecular formula is C9H13NO5S. The maximum absolute atomic E-state index is 11.6. The molecule has 0 aromatic carbocycles. The van der Waals surface area contributed by atoms with Crippen LogP contribution in [0.5, 0.6) is 0 Å². The van der Waals surface area contributed by atoms with Crippen molar-refractivity contribution in [3.8, 4) is 0 Å². The van der Waals surface area contributed by atoms with Crippen LogP contribution in [0.3, 0.4) is 0 Å². The molecule has 2 rings (SSSR count). The predicted molar refractivity (Wildman–Crippen MR) is 54.6 cm³/mol. The maximum atomic E-state index is 11.6. The van der Waals surface area contributed by atoms with Gasteiger partial charge in [0.15, 0.2) is 9.84 Å². The van der Waals surface area contributed by atoms with Gasteiger partial charge in [0, 0.05) is 12.5 Å². The number of hydrogen-bond acceptors (Lipinski definition) is 4. The molecule has 16 heavy (non-hydrogen) atoms. The molecule has 1 N–H and O–H groups in total. The van der Waals surface area contributed by atoms with Crippen molar-refractivity contribution in [3.05, 3.63) is 0 Å². The number of carbonyl (C=O) groups excluding carboxylic acids is 1. The molecule has 0 spiro atoms. The van der Waals surface area contributed by atoms with E-state index < -0.39 is 27.9 Å². The fourth-order valence-electron chi connectivity index (χ4n) is 2.40. The summed E-state index contributed by atoms with van der Waals surface area (Å²) in [7, 11) is -3.09. The highest BCUT2D eigenvalue weighted by atomic mass is 32.2. The highest BCUT2D eigenvalue weighted by Gasteiger charge is 2.44. The summed E-state index contributed by atoms with van der Waals surface area (Å²) in [5.74, 6) is -1.33. The van der Waals surface area contributed by atoms with E-state index in [1.807, 2.05) is 0 Å². The molecule has 2 atom stereocenters. The largest absolute Gasteiger partial charge is 0.480 e. The Hall–Kier alpha value is -1.11. The molecule has 0 aromatic rings. The molecule has 2 aliphatic heterocycles. The summed E-state index contributed by atoms with van der Waals surface area (Å²) < 4.78 is 22.6. The normalized spacial score (nSPS) is 33.2. The second kappa shape index (κ2) is 3.73. The minimum absolute atomic E-state index is 0.0494. The molecule has 0 saturated carbocycles. The van der Waals surface area contributed by atoms with Crippen LogP contribution in [0.4, 0.5) is 0 Å². The van der Waals surface area contributed by atoms with Crippen molar-refractivity contribution in [2.45, 2.75) is 31.3 Å². The van der Waals surface area contributed by atoms with Gasteiger partial charge in [0.2, 0.25) is 5.91 Å². The fourth-order valence-corrected chi connectivity index (χ4v) is 4.11. The molecule has 1 amide bonds. The quantitative estimate of drug-likeness (QED) is 0.693. The van der Waals surface area contributed by atoms with Crippen molar-refractivity contribution < 1.29 is 23.1 Å². The number of aliphatic carboxylic acids is 1. The van der Waals surface area contributed by atoms with Gasteiger partial charge in [-0.2, -0.15) is 0 Å². The number of carboxylic acid groups (broad SMARTS) is 1. The Labute approximate surface area is 93.1 Å². The monoisotopic (exact) mass is 247 g/mol. The zero-order valence-corrected chi connectivity index (χ0v) is 9.44. The third-order valence-electron chi connectivity index (χ3n) is 3.14. The minimum Gasteiger partial charge on any atom is -0.480 e. The average molecular weight is 247 g/mol. The van der Waals surface area contributed by atoms with Gasteiger partial charge in [0.1, 0.15) is 6.04 Å². The third-order valence-corrected chi connectivity index (χ3v) is 4.89. The smallest absolute Gasteiger partial charge is 0.326 e. The molecule has 0 aliphatic carbocycles. The van der Waals surface area contributed by atoms with Gasteiger partial charge in [-0.3, -0.25) is 4.79 Å². The van der Waals surface area contributed by atoms with Gasteiger partial charge in [-0.25, -0.2) is 13.2 Å². The van der Waals surface area contributed by atoms with Crippen molar-refractivity contribution in [1.29, 1.82) is 0 Å². The summed E-state index contributed by atoms with van der Waals surface area (Å²) in [6.45, 7) is 0. The average Bonchev–Trinajstić information content (AvgIpc) is 2.69. The first-order valence-electron chi connectivity index (χ1n) is 5.15. The summed E-state index contributed by atoms with van der Waals surface area (Å²) >= 11 is 0. The van der Waals surface area contributed by atoms with E-state index in [0.717, 1.165) is 0 Å². The second-order valence-electron chi connectivity index (χ2n) is 4.25. The Morgan fingerprint density at radius 2 is 2.06 bits per heavy atom. The number of rotatable bonds is 2. The topological polar surface area (TPSA) is 91.8 Å². The van der Waals surface area contributed by atoms with Crippen LogP contribution in [0.25, 0.3) is 0 Å². The van der Waals surface area contributed by atoms with Crippen LogP contribution in [0.15, 0.2) is 0 Å². The van der Waals surface area contributed by atoms with Crippen molar-refractivity contribution in [3.63, 3.8) is 0 Å². The van der Waals surface area contributed by atoms with Gasteiger partial charge in [-0.1, -0.05) is 0 Å². The fraction of sp³-hybridized carbons (Fsp3) is 0.778. The molecule has 2 aliphatic rings. The van der Waals surface area contributed by atoms with E-state index in [-0.39, 0.29) is 30.3 Å². The molecule has 90 valence electrons. The second-order valence-corrected chi connectivity index (χ2v) is 6.48. The minimum atomic E-state index is -3.09. The van der Waals surface area contributed by atoms with E-state index in [0.29, 0.717) is 6.42 Å². The first kappa shape index (κ1) is 11.4. The van der Waals surface area contributed by atoms with Crippen LogP contribution in [0.2, 0.25) is 0 Å². The van der Waals surface area contributed by atoms with Gasteiger partial charge < -0.3 is 10.0 Å². The van der Waals surface area contributed by atoms with Crippen LogP contribution >= 0.6 is 0 Å². The van der Waals surface area contributed by atoms with Crippen LogP contribution in [0, 0.1) is 0 Å². The van der Waals surface area contributed by atoms with Crippen LogP contribution in [-0.2, 0) is 19.4 Å². The molecule has 7 heteroatoms. The van der Waals surface area contributed by atoms with Crippen molar-refractivity contribution in [1.82, 2.24) is 4.90 Å². The Morgan fingerprint density at radius 3 is 2.56 bits per heavy atom. The zero-order chi connectivity index (χ0) is 11.9. The molecule has 2 fully saturated rings. The van der Waals surface area contributed by atoms with Crippen molar-refractivity contribution in [2.75, 3.05) is 11.5 Å². The van der Waals surface area contributed by atoms with E-state index in [9.17, 15) is 18.0 Å². The van der Waals surface area contributed by atoms with Crippen LogP contribution in [-0.4, -0.2) is 53.9 Å². The van der Waals surface area contributed by atoms with Gasteiger partial charge in [-0.15, -0.1) is 0 Å². The highest BCUT2D eigenvalue weighted by Crippen LogP contribution is 2.27. The first-order valence-corrected chi connectivity index (χ1v) is 6.97. The summed E-state index contributed by atoms with van der Waals surface area (Å²) in [5, 5.41) is 8.95. The lowest BCUT2D eigenvalue weighted by atomic mass is 10.1. The standard InChI is InChI=1S/C9H13NO5S/c11-8-2-1-7(9(12)13)10(8)6-3-4-16(14,15)5-6/h6-7H,1-5H2,(H,12,13). The molecule has 6 nitrogen and oxygen atoms in total. The van der Waals surface area contributed by atoms with Crippen molar-refractivity contribution in [2.24, 2.45) is 0 Å². The number of sulfone groups is 1. The number of carbonyl (C=O) groups is 2. The van der Waals surface area contributed by atoms with Gasteiger partial charge in [0.05, 0.1) is 11.5 Å². The van der Waals surface area contributed by atoms with E-state index in [1.54, 1.807) is 0 Å². The Kier molecular flexibility index (Phi) is 2.65. The SMILES string of the molecule is O=C(O)C1CCC(=O)N1C1CCS(=O)(=O)C1. The molecule has 0 radical (unpaired) electrons. The zero-order valence-electron chi connectivity index (χ0n) is 8.63. The molecule has 2 saturated heterocycles. The van der Waals surface area contributed by atoms with Crippen molar-refractivity contribution >= 4 is 21.7 Å². The number of nitrogens with zero attached hydrogens (tertiary/aromatic N) is 1. The lowest BCUT2D eigenvalue weighted by molar-refractivity contribution is -0.147. The van der Waals surface area contributed by atoms with E-state index >= 15 is 0 Å². The Balaban J connectivity index is 2.19. The van der Waals surface area contributed by atoms with E-state index in [4.69, 9.17) is 5.11 Å². The molecular weight excluding hydrogens is 234 g/mol. The van der Waals surface area contributed by atoms with E-state index in [1.165, 1.54) is 4.90 Å². The summed E-state index contributed by atoms with van der Waals surface area (Å²) in [6.07, 6.45) is 0.843. The van der Waals surface area contributed by atoms with Crippen LogP contribution in [0.1, 0.15) is 19.3 Å². The summed E-state index contributed by atoms with van der Waals surface area (Å²) in [5.41, 5.74) is 0. The highest BCUT2D eigenvalue weighted by molar-refractivity contribution is 7.91. The predicted octanol–water partition coefficient (Wildman–Crippen LogP) is -0.751. The van der Waals surface area contributed by atoms with E-state index in [2.05, 4.69) is 0 Å². The Bertz CT molecular complexity index is 429. The molecule has 0 bridgehead atoms.